The lowest BCUT2D eigenvalue weighted by atomic mass is 9.79. The summed E-state index contributed by atoms with van der Waals surface area (Å²) in [6.07, 6.45) is 4.71. The van der Waals surface area contributed by atoms with Crippen LogP contribution in [0, 0.1) is 0 Å². The molecule has 0 radical (unpaired) electrons. The molecular formula is C17H15Br. The molecule has 18 heavy (non-hydrogen) atoms. The van der Waals surface area contributed by atoms with Gasteiger partial charge in [0.05, 0.1) is 0 Å². The molecule has 1 atom stereocenters. The van der Waals surface area contributed by atoms with Gasteiger partial charge in [0, 0.05) is 10.4 Å². The van der Waals surface area contributed by atoms with Crippen molar-refractivity contribution in [1.29, 1.82) is 0 Å². The van der Waals surface area contributed by atoms with Crippen molar-refractivity contribution < 1.29 is 0 Å². The Hall–Kier alpha value is -1.34. The molecule has 0 bridgehead atoms. The standard InChI is InChI=1S/C17H15Br/c18-17-8-4-7-15(12-17)16-10-14(11-16)9-13-5-2-1-3-6-13/h1-8,10,12,16H,9,11H2. The van der Waals surface area contributed by atoms with Gasteiger partial charge in [0.15, 0.2) is 0 Å². The van der Waals surface area contributed by atoms with Crippen molar-refractivity contribution in [3.63, 3.8) is 0 Å². The van der Waals surface area contributed by atoms with Crippen LogP contribution in [0.4, 0.5) is 0 Å². The summed E-state index contributed by atoms with van der Waals surface area (Å²) in [6.45, 7) is 0. The molecule has 0 nitrogen and oxygen atoms in total. The normalized spacial score (nSPS) is 18.1. The number of rotatable bonds is 3. The SMILES string of the molecule is Brc1cccc(C2C=C(Cc3ccccc3)C2)c1. The first-order chi connectivity index (χ1) is 8.81. The molecule has 1 unspecified atom stereocenters. The highest BCUT2D eigenvalue weighted by Crippen LogP contribution is 2.37. The summed E-state index contributed by atoms with van der Waals surface area (Å²) in [6, 6.07) is 19.3. The lowest BCUT2D eigenvalue weighted by molar-refractivity contribution is 0.714. The Morgan fingerprint density at radius 2 is 1.78 bits per heavy atom. The third-order valence-electron chi connectivity index (χ3n) is 3.47. The van der Waals surface area contributed by atoms with Crippen molar-refractivity contribution in [2.45, 2.75) is 18.8 Å². The number of allylic oxidation sites excluding steroid dienone is 2. The summed E-state index contributed by atoms with van der Waals surface area (Å²) in [5, 5.41) is 0. The third kappa shape index (κ3) is 2.56. The molecule has 3 rings (SSSR count). The second kappa shape index (κ2) is 5.11. The second-order valence-corrected chi connectivity index (χ2v) is 5.77. The average molecular weight is 299 g/mol. The van der Waals surface area contributed by atoms with Gasteiger partial charge in [-0.05, 0) is 36.1 Å². The van der Waals surface area contributed by atoms with Gasteiger partial charge in [-0.2, -0.15) is 0 Å². The number of hydrogen-bond donors (Lipinski definition) is 0. The number of hydrogen-bond acceptors (Lipinski definition) is 0. The van der Waals surface area contributed by atoms with E-state index in [9.17, 15) is 0 Å². The van der Waals surface area contributed by atoms with E-state index in [1.165, 1.54) is 22.0 Å². The molecule has 0 amide bonds. The quantitative estimate of drug-likeness (QED) is 0.691. The number of benzene rings is 2. The summed E-state index contributed by atoms with van der Waals surface area (Å²) in [5.74, 6) is 0.612. The molecule has 0 fully saturated rings. The molecule has 90 valence electrons. The first-order valence-electron chi connectivity index (χ1n) is 6.30. The monoisotopic (exact) mass is 298 g/mol. The molecule has 1 heteroatoms. The molecule has 0 spiro atoms. The third-order valence-corrected chi connectivity index (χ3v) is 3.96. The fourth-order valence-corrected chi connectivity index (χ4v) is 2.89. The topological polar surface area (TPSA) is 0 Å². The van der Waals surface area contributed by atoms with E-state index in [1.54, 1.807) is 5.57 Å². The minimum Gasteiger partial charge on any atom is -0.0771 e. The zero-order chi connectivity index (χ0) is 12.4. The minimum atomic E-state index is 0.612. The molecule has 1 aliphatic carbocycles. The van der Waals surface area contributed by atoms with E-state index in [-0.39, 0.29) is 0 Å². The van der Waals surface area contributed by atoms with E-state index >= 15 is 0 Å². The van der Waals surface area contributed by atoms with E-state index in [4.69, 9.17) is 0 Å². The van der Waals surface area contributed by atoms with E-state index in [0.29, 0.717) is 5.92 Å². The van der Waals surface area contributed by atoms with Gasteiger partial charge in [0.25, 0.3) is 0 Å². The van der Waals surface area contributed by atoms with Gasteiger partial charge in [-0.15, -0.1) is 0 Å². The van der Waals surface area contributed by atoms with E-state index in [2.05, 4.69) is 76.6 Å². The molecule has 0 saturated heterocycles. The Kier molecular flexibility index (Phi) is 3.33. The first kappa shape index (κ1) is 11.7. The maximum atomic E-state index is 3.53. The Morgan fingerprint density at radius 3 is 2.50 bits per heavy atom. The molecule has 0 N–H and O–H groups in total. The van der Waals surface area contributed by atoms with Crippen molar-refractivity contribution >= 4 is 15.9 Å². The lowest BCUT2D eigenvalue weighted by Crippen LogP contribution is -2.10. The predicted octanol–water partition coefficient (Wildman–Crippen LogP) is 5.11. The van der Waals surface area contributed by atoms with Gasteiger partial charge < -0.3 is 0 Å². The average Bonchev–Trinajstić information content (AvgIpc) is 2.34. The van der Waals surface area contributed by atoms with Crippen LogP contribution in [0.1, 0.15) is 23.5 Å². The van der Waals surface area contributed by atoms with Crippen LogP contribution in [0.15, 0.2) is 70.7 Å². The molecular weight excluding hydrogens is 284 g/mol. The summed E-state index contributed by atoms with van der Waals surface area (Å²) < 4.78 is 1.17. The Bertz CT molecular complexity index is 569. The molecule has 0 aromatic heterocycles. The molecule has 1 aliphatic rings. The second-order valence-electron chi connectivity index (χ2n) is 4.85. The van der Waals surface area contributed by atoms with Crippen molar-refractivity contribution in [1.82, 2.24) is 0 Å². The van der Waals surface area contributed by atoms with Crippen LogP contribution < -0.4 is 0 Å². The van der Waals surface area contributed by atoms with Crippen LogP contribution in [0.25, 0.3) is 0 Å². The van der Waals surface area contributed by atoms with Crippen molar-refractivity contribution in [2.75, 3.05) is 0 Å². The Balaban J connectivity index is 1.68. The fraction of sp³-hybridized carbons (Fsp3) is 0.176. The predicted molar refractivity (Wildman–Crippen MR) is 79.7 cm³/mol. The van der Waals surface area contributed by atoms with Crippen molar-refractivity contribution in [2.24, 2.45) is 0 Å². The molecule has 0 aliphatic heterocycles. The molecule has 0 saturated carbocycles. The summed E-state index contributed by atoms with van der Waals surface area (Å²) in [4.78, 5) is 0. The molecule has 2 aromatic carbocycles. The van der Waals surface area contributed by atoms with Gasteiger partial charge in [-0.25, -0.2) is 0 Å². The van der Waals surface area contributed by atoms with Gasteiger partial charge in [-0.1, -0.05) is 70.0 Å². The molecule has 2 aromatic rings. The van der Waals surface area contributed by atoms with Gasteiger partial charge in [0.1, 0.15) is 0 Å². The Morgan fingerprint density at radius 1 is 1.00 bits per heavy atom. The van der Waals surface area contributed by atoms with Gasteiger partial charge in [0.2, 0.25) is 0 Å². The van der Waals surface area contributed by atoms with Crippen LogP contribution in [-0.2, 0) is 6.42 Å². The zero-order valence-corrected chi connectivity index (χ0v) is 11.7. The van der Waals surface area contributed by atoms with Gasteiger partial charge in [-0.3, -0.25) is 0 Å². The highest BCUT2D eigenvalue weighted by molar-refractivity contribution is 9.10. The van der Waals surface area contributed by atoms with Crippen LogP contribution in [0.3, 0.4) is 0 Å². The fourth-order valence-electron chi connectivity index (χ4n) is 2.47. The van der Waals surface area contributed by atoms with Crippen LogP contribution >= 0.6 is 15.9 Å². The minimum absolute atomic E-state index is 0.612. The number of halogens is 1. The van der Waals surface area contributed by atoms with Crippen LogP contribution in [-0.4, -0.2) is 0 Å². The van der Waals surface area contributed by atoms with E-state index in [0.717, 1.165) is 6.42 Å². The summed E-state index contributed by atoms with van der Waals surface area (Å²) in [7, 11) is 0. The van der Waals surface area contributed by atoms with Crippen LogP contribution in [0.5, 0.6) is 0 Å². The maximum Gasteiger partial charge on any atom is 0.0178 e. The van der Waals surface area contributed by atoms with Crippen molar-refractivity contribution in [3.8, 4) is 0 Å². The van der Waals surface area contributed by atoms with Crippen LogP contribution in [0.2, 0.25) is 0 Å². The summed E-state index contributed by atoms with van der Waals surface area (Å²) in [5.41, 5.74) is 4.39. The zero-order valence-electron chi connectivity index (χ0n) is 10.1. The highest BCUT2D eigenvalue weighted by atomic mass is 79.9. The first-order valence-corrected chi connectivity index (χ1v) is 7.09. The van der Waals surface area contributed by atoms with E-state index in [1.807, 2.05) is 0 Å². The van der Waals surface area contributed by atoms with Gasteiger partial charge >= 0.3 is 0 Å². The highest BCUT2D eigenvalue weighted by Gasteiger charge is 2.20. The lowest BCUT2D eigenvalue weighted by Gasteiger charge is -2.26. The van der Waals surface area contributed by atoms with E-state index < -0.39 is 0 Å². The smallest absolute Gasteiger partial charge is 0.0178 e. The largest absolute Gasteiger partial charge is 0.0771 e. The Labute approximate surface area is 116 Å². The maximum absolute atomic E-state index is 3.53. The van der Waals surface area contributed by atoms with Crippen molar-refractivity contribution in [3.05, 3.63) is 81.8 Å². The molecule has 0 heterocycles. The summed E-state index contributed by atoms with van der Waals surface area (Å²) >= 11 is 3.53.